The molecule has 0 radical (unpaired) electrons. The fourth-order valence-corrected chi connectivity index (χ4v) is 1.16. The van der Waals surface area contributed by atoms with Crippen molar-refractivity contribution in [1.82, 2.24) is 0 Å². The molecule has 1 aromatic carbocycles. The van der Waals surface area contributed by atoms with Crippen molar-refractivity contribution >= 4 is 0 Å². The highest BCUT2D eigenvalue weighted by atomic mass is 14.8. The number of hydrogen-bond acceptors (Lipinski definition) is 0. The topological polar surface area (TPSA) is 14.1 Å². The Kier molecular flexibility index (Phi) is 3.12. The third-order valence-electron chi connectivity index (χ3n) is 1.83. The molecule has 0 amide bonds. The smallest absolute Gasteiger partial charge is 0.0379 e. The van der Waals surface area contributed by atoms with Gasteiger partial charge in [-0.1, -0.05) is 37.3 Å². The average Bonchev–Trinajstić information content (AvgIpc) is 2.07. The lowest BCUT2D eigenvalue weighted by atomic mass is 10.0. The van der Waals surface area contributed by atoms with Crippen LogP contribution in [0.25, 0.3) is 5.32 Å². The SMILES string of the molecule is C[N-]C[C@@H](C)c1ccccc1. The van der Waals surface area contributed by atoms with Crippen molar-refractivity contribution in [2.45, 2.75) is 12.8 Å². The van der Waals surface area contributed by atoms with Gasteiger partial charge in [-0.2, -0.15) is 7.05 Å². The van der Waals surface area contributed by atoms with Crippen LogP contribution in [0.5, 0.6) is 0 Å². The Balaban J connectivity index is 2.61. The first kappa shape index (κ1) is 8.28. The van der Waals surface area contributed by atoms with Crippen LogP contribution in [-0.2, 0) is 0 Å². The van der Waals surface area contributed by atoms with Crippen molar-refractivity contribution in [2.75, 3.05) is 13.6 Å². The van der Waals surface area contributed by atoms with Gasteiger partial charge >= 0.3 is 0 Å². The maximum Gasteiger partial charge on any atom is -0.0379 e. The third-order valence-corrected chi connectivity index (χ3v) is 1.83. The lowest BCUT2D eigenvalue weighted by Crippen LogP contribution is -1.97. The zero-order chi connectivity index (χ0) is 8.10. The van der Waals surface area contributed by atoms with Crippen molar-refractivity contribution in [3.05, 3.63) is 41.2 Å². The molecule has 1 rings (SSSR count). The van der Waals surface area contributed by atoms with Crippen LogP contribution < -0.4 is 0 Å². The van der Waals surface area contributed by atoms with Gasteiger partial charge in [-0.25, -0.2) is 0 Å². The minimum atomic E-state index is 0.557. The predicted octanol–water partition coefficient (Wildman–Crippen LogP) is 2.79. The van der Waals surface area contributed by atoms with Crippen molar-refractivity contribution in [2.24, 2.45) is 0 Å². The number of nitrogens with zero attached hydrogens (tertiary/aromatic N) is 1. The van der Waals surface area contributed by atoms with Gasteiger partial charge in [0.1, 0.15) is 0 Å². The Bertz CT molecular complexity index is 193. The summed E-state index contributed by atoms with van der Waals surface area (Å²) in [5.74, 6) is 0.557. The zero-order valence-corrected chi connectivity index (χ0v) is 7.12. The van der Waals surface area contributed by atoms with Crippen LogP contribution in [-0.4, -0.2) is 13.6 Å². The summed E-state index contributed by atoms with van der Waals surface area (Å²) in [5.41, 5.74) is 1.37. The Morgan fingerprint density at radius 3 is 2.45 bits per heavy atom. The summed E-state index contributed by atoms with van der Waals surface area (Å²) in [6, 6.07) is 10.5. The van der Waals surface area contributed by atoms with Gasteiger partial charge in [-0.05, 0) is 11.5 Å². The fraction of sp³-hybridized carbons (Fsp3) is 0.400. The van der Waals surface area contributed by atoms with E-state index in [9.17, 15) is 0 Å². The van der Waals surface area contributed by atoms with E-state index in [4.69, 9.17) is 0 Å². The molecule has 0 aliphatic rings. The predicted molar refractivity (Wildman–Crippen MR) is 49.0 cm³/mol. The highest BCUT2D eigenvalue weighted by molar-refractivity contribution is 5.19. The van der Waals surface area contributed by atoms with E-state index in [2.05, 4.69) is 36.5 Å². The minimum Gasteiger partial charge on any atom is -0.665 e. The first-order valence-corrected chi connectivity index (χ1v) is 3.95. The van der Waals surface area contributed by atoms with Gasteiger partial charge in [0, 0.05) is 0 Å². The number of benzene rings is 1. The summed E-state index contributed by atoms with van der Waals surface area (Å²) in [6.45, 7) is 3.12. The van der Waals surface area contributed by atoms with Crippen molar-refractivity contribution in [1.29, 1.82) is 0 Å². The van der Waals surface area contributed by atoms with E-state index in [0.717, 1.165) is 6.54 Å². The second-order valence-electron chi connectivity index (χ2n) is 2.81. The van der Waals surface area contributed by atoms with Crippen molar-refractivity contribution < 1.29 is 0 Å². The molecule has 0 saturated heterocycles. The Hall–Kier alpha value is -0.820. The standard InChI is InChI=1S/C10H14N/c1-9(8-11-2)10-6-4-3-5-7-10/h3-7,9H,8H2,1-2H3/q-1/t9-/m1/s1. The molecule has 0 spiro atoms. The lowest BCUT2D eigenvalue weighted by molar-refractivity contribution is 0.818. The van der Waals surface area contributed by atoms with Gasteiger partial charge in [-0.15, -0.1) is 6.54 Å². The highest BCUT2D eigenvalue weighted by Gasteiger charge is 1.96. The van der Waals surface area contributed by atoms with Crippen LogP contribution in [0.15, 0.2) is 30.3 Å². The van der Waals surface area contributed by atoms with Gasteiger partial charge in [0.25, 0.3) is 0 Å². The van der Waals surface area contributed by atoms with Gasteiger partial charge in [0.05, 0.1) is 0 Å². The van der Waals surface area contributed by atoms with Crippen molar-refractivity contribution in [3.8, 4) is 0 Å². The summed E-state index contributed by atoms with van der Waals surface area (Å²) in [4.78, 5) is 0. The largest absolute Gasteiger partial charge is 0.665 e. The normalized spacial score (nSPS) is 12.9. The Labute approximate surface area is 68.4 Å². The van der Waals surface area contributed by atoms with Gasteiger partial charge in [-0.3, -0.25) is 0 Å². The van der Waals surface area contributed by atoms with E-state index in [1.165, 1.54) is 5.56 Å². The molecule has 0 bridgehead atoms. The highest BCUT2D eigenvalue weighted by Crippen LogP contribution is 2.15. The first-order chi connectivity index (χ1) is 5.34. The molecule has 0 heterocycles. The molecule has 0 aliphatic heterocycles. The van der Waals surface area contributed by atoms with Gasteiger partial charge in [0.15, 0.2) is 0 Å². The van der Waals surface area contributed by atoms with Crippen LogP contribution in [0.4, 0.5) is 0 Å². The first-order valence-electron chi connectivity index (χ1n) is 3.95. The van der Waals surface area contributed by atoms with E-state index in [1.807, 2.05) is 13.1 Å². The number of rotatable bonds is 3. The second kappa shape index (κ2) is 4.14. The van der Waals surface area contributed by atoms with E-state index in [1.54, 1.807) is 0 Å². The molecule has 0 N–H and O–H groups in total. The van der Waals surface area contributed by atoms with Crippen LogP contribution >= 0.6 is 0 Å². The minimum absolute atomic E-state index is 0.557. The molecule has 11 heavy (non-hydrogen) atoms. The molecule has 60 valence electrons. The number of hydrogen-bond donors (Lipinski definition) is 0. The Morgan fingerprint density at radius 1 is 1.27 bits per heavy atom. The monoisotopic (exact) mass is 148 g/mol. The third kappa shape index (κ3) is 2.35. The van der Waals surface area contributed by atoms with Gasteiger partial charge in [0.2, 0.25) is 0 Å². The van der Waals surface area contributed by atoms with E-state index < -0.39 is 0 Å². The lowest BCUT2D eigenvalue weighted by Gasteiger charge is -2.18. The molecular formula is C10H14N-. The summed E-state index contributed by atoms with van der Waals surface area (Å²) in [7, 11) is 1.86. The zero-order valence-electron chi connectivity index (χ0n) is 7.12. The quantitative estimate of drug-likeness (QED) is 0.625. The fourth-order valence-electron chi connectivity index (χ4n) is 1.16. The van der Waals surface area contributed by atoms with Crippen LogP contribution in [0, 0.1) is 0 Å². The van der Waals surface area contributed by atoms with E-state index in [-0.39, 0.29) is 0 Å². The molecule has 0 fully saturated rings. The Morgan fingerprint density at radius 2 is 1.91 bits per heavy atom. The van der Waals surface area contributed by atoms with Crippen LogP contribution in [0.3, 0.4) is 0 Å². The molecule has 0 aliphatic carbocycles. The average molecular weight is 148 g/mol. The molecule has 1 aromatic rings. The summed E-state index contributed by atoms with van der Waals surface area (Å²) < 4.78 is 0. The van der Waals surface area contributed by atoms with Gasteiger partial charge < -0.3 is 5.32 Å². The van der Waals surface area contributed by atoms with Crippen molar-refractivity contribution in [3.63, 3.8) is 0 Å². The van der Waals surface area contributed by atoms with Crippen LogP contribution in [0.1, 0.15) is 18.4 Å². The molecule has 1 atom stereocenters. The molecule has 1 nitrogen and oxygen atoms in total. The molecule has 1 heteroatoms. The molecule has 0 saturated carbocycles. The summed E-state index contributed by atoms with van der Waals surface area (Å²) in [5, 5.41) is 4.11. The summed E-state index contributed by atoms with van der Waals surface area (Å²) >= 11 is 0. The molecule has 0 aromatic heterocycles. The number of likely N-dealkylation sites (N-methyl/N-ethyl adjacent to an activating group) is 1. The maximum atomic E-state index is 4.11. The van der Waals surface area contributed by atoms with E-state index in [0.29, 0.717) is 5.92 Å². The van der Waals surface area contributed by atoms with E-state index >= 15 is 0 Å². The van der Waals surface area contributed by atoms with Crippen LogP contribution in [0.2, 0.25) is 0 Å². The molecule has 0 unspecified atom stereocenters. The maximum absolute atomic E-state index is 4.11. The summed E-state index contributed by atoms with van der Waals surface area (Å²) in [6.07, 6.45) is 0. The molecular weight excluding hydrogens is 134 g/mol. The second-order valence-corrected chi connectivity index (χ2v) is 2.81.